The zero-order valence-electron chi connectivity index (χ0n) is 21.0. The number of fused-ring (bicyclic) bond motifs is 1. The second kappa shape index (κ2) is 7.99. The summed E-state index contributed by atoms with van der Waals surface area (Å²) in [6.07, 6.45) is 10.2. The molecule has 168 valence electrons. The molecule has 0 unspecified atom stereocenters. The molecule has 0 atom stereocenters. The maximum absolute atomic E-state index is 13.2. The molecule has 2 aliphatic rings. The van der Waals surface area contributed by atoms with Crippen LogP contribution in [0.4, 0.5) is 0 Å². The molecule has 0 N–H and O–H groups in total. The van der Waals surface area contributed by atoms with E-state index in [1.807, 2.05) is 42.5 Å². The van der Waals surface area contributed by atoms with Gasteiger partial charge in [-0.1, -0.05) is 98.7 Å². The Hall–Kier alpha value is -2.74. The molecule has 1 aromatic rings. The Morgan fingerprint density at radius 2 is 1.00 bits per heavy atom. The highest BCUT2D eigenvalue weighted by molar-refractivity contribution is 6.16. The standard InChI is InChI=1S/C30H36O2/c1-28(2,3)23-16-19(17-24(27(23)32)29(4,5)6)14-15-20-18-25(30(7,8)9)26(31)22-13-11-10-12-21(20)22/h10-18H,1-9H3. The average molecular weight is 429 g/mol. The van der Waals surface area contributed by atoms with Gasteiger partial charge in [-0.25, -0.2) is 0 Å². The predicted octanol–water partition coefficient (Wildman–Crippen LogP) is 7.69. The fourth-order valence-electron chi connectivity index (χ4n) is 4.12. The lowest BCUT2D eigenvalue weighted by atomic mass is 9.72. The van der Waals surface area contributed by atoms with Crippen molar-refractivity contribution >= 4 is 17.1 Å². The summed E-state index contributed by atoms with van der Waals surface area (Å²) in [7, 11) is 0. The van der Waals surface area contributed by atoms with Crippen LogP contribution in [0.25, 0.3) is 5.57 Å². The van der Waals surface area contributed by atoms with Gasteiger partial charge in [0.1, 0.15) is 0 Å². The van der Waals surface area contributed by atoms with Crippen LogP contribution in [0.15, 0.2) is 76.9 Å². The van der Waals surface area contributed by atoms with E-state index in [4.69, 9.17) is 0 Å². The molecule has 0 spiro atoms. The van der Waals surface area contributed by atoms with E-state index >= 15 is 0 Å². The number of Topliss-reactive ketones (excluding diaryl/α,β-unsaturated/α-hetero) is 2. The first kappa shape index (κ1) is 23.9. The highest BCUT2D eigenvalue weighted by atomic mass is 16.1. The largest absolute Gasteiger partial charge is 0.289 e. The summed E-state index contributed by atoms with van der Waals surface area (Å²) in [5.41, 5.74) is 5.49. The number of carbonyl (C=O) groups excluding carboxylic acids is 2. The Bertz CT molecular complexity index is 1090. The molecule has 0 saturated carbocycles. The van der Waals surface area contributed by atoms with Crippen molar-refractivity contribution in [2.75, 3.05) is 0 Å². The van der Waals surface area contributed by atoms with Gasteiger partial charge in [0.25, 0.3) is 0 Å². The maximum atomic E-state index is 13.2. The fraction of sp³-hybridized carbons (Fsp3) is 0.400. The quantitative estimate of drug-likeness (QED) is 0.459. The smallest absolute Gasteiger partial charge is 0.190 e. The molecule has 0 fully saturated rings. The van der Waals surface area contributed by atoms with Crippen LogP contribution in [0, 0.1) is 16.2 Å². The lowest BCUT2D eigenvalue weighted by molar-refractivity contribution is -0.114. The van der Waals surface area contributed by atoms with E-state index in [0.717, 1.165) is 39.0 Å². The highest BCUT2D eigenvalue weighted by Gasteiger charge is 2.34. The van der Waals surface area contributed by atoms with Crippen LogP contribution >= 0.6 is 0 Å². The number of carbonyl (C=O) groups is 2. The number of benzene rings is 1. The molecule has 32 heavy (non-hydrogen) atoms. The SMILES string of the molecule is CC(C)(C)C1=CC(=CC=C2C=C(C(C)(C)C)C(=O)c3ccccc32)C=C(C(C)(C)C)C1=O. The van der Waals surface area contributed by atoms with Crippen LogP contribution in [0.1, 0.15) is 78.2 Å². The van der Waals surface area contributed by atoms with Gasteiger partial charge in [-0.3, -0.25) is 9.59 Å². The van der Waals surface area contributed by atoms with Crippen molar-refractivity contribution in [3.05, 3.63) is 88.1 Å². The molecule has 0 saturated heterocycles. The number of rotatable bonds is 1. The van der Waals surface area contributed by atoms with Crippen LogP contribution in [0.2, 0.25) is 0 Å². The van der Waals surface area contributed by atoms with Crippen molar-refractivity contribution in [1.29, 1.82) is 0 Å². The number of hydrogen-bond acceptors (Lipinski definition) is 2. The molecular formula is C30H36O2. The van der Waals surface area contributed by atoms with Gasteiger partial charge in [-0.05, 0) is 51.2 Å². The Kier molecular flexibility index (Phi) is 5.97. The van der Waals surface area contributed by atoms with Crippen molar-refractivity contribution in [1.82, 2.24) is 0 Å². The first-order chi connectivity index (χ1) is 14.6. The number of ketones is 2. The molecule has 0 heterocycles. The predicted molar refractivity (Wildman–Crippen MR) is 134 cm³/mol. The maximum Gasteiger partial charge on any atom is 0.190 e. The van der Waals surface area contributed by atoms with Gasteiger partial charge >= 0.3 is 0 Å². The van der Waals surface area contributed by atoms with Crippen molar-refractivity contribution in [2.45, 2.75) is 62.3 Å². The first-order valence-corrected chi connectivity index (χ1v) is 11.4. The van der Waals surface area contributed by atoms with Crippen LogP contribution in [0.5, 0.6) is 0 Å². The van der Waals surface area contributed by atoms with Crippen LogP contribution in [-0.2, 0) is 4.79 Å². The van der Waals surface area contributed by atoms with Gasteiger partial charge < -0.3 is 0 Å². The number of hydrogen-bond donors (Lipinski definition) is 0. The first-order valence-electron chi connectivity index (χ1n) is 11.4. The van der Waals surface area contributed by atoms with Gasteiger partial charge in [-0.15, -0.1) is 0 Å². The molecular weight excluding hydrogens is 392 g/mol. The summed E-state index contributed by atoms with van der Waals surface area (Å²) in [5.74, 6) is 0.240. The van der Waals surface area contributed by atoms with E-state index in [9.17, 15) is 9.59 Å². The minimum Gasteiger partial charge on any atom is -0.289 e. The van der Waals surface area contributed by atoms with Crippen LogP contribution in [-0.4, -0.2) is 11.6 Å². The molecule has 0 amide bonds. The highest BCUT2D eigenvalue weighted by Crippen LogP contribution is 2.40. The fourth-order valence-corrected chi connectivity index (χ4v) is 4.12. The zero-order chi connectivity index (χ0) is 24.1. The van der Waals surface area contributed by atoms with Crippen molar-refractivity contribution in [2.24, 2.45) is 16.2 Å². The van der Waals surface area contributed by atoms with E-state index in [-0.39, 0.29) is 27.8 Å². The third-order valence-electron chi connectivity index (χ3n) is 6.02. The minimum atomic E-state index is -0.243. The van der Waals surface area contributed by atoms with E-state index in [2.05, 4.69) is 74.5 Å². The second-order valence-corrected chi connectivity index (χ2v) is 11.9. The molecule has 0 radical (unpaired) electrons. The molecule has 3 rings (SSSR count). The van der Waals surface area contributed by atoms with E-state index in [1.165, 1.54) is 0 Å². The minimum absolute atomic E-state index is 0.103. The molecule has 1 aromatic carbocycles. The molecule has 0 aromatic heterocycles. The normalized spacial score (nSPS) is 18.8. The lowest BCUT2D eigenvalue weighted by Gasteiger charge is -2.31. The van der Waals surface area contributed by atoms with Crippen molar-refractivity contribution in [3.63, 3.8) is 0 Å². The van der Waals surface area contributed by atoms with Crippen LogP contribution < -0.4 is 0 Å². The summed E-state index contributed by atoms with van der Waals surface area (Å²) in [5, 5.41) is 0. The van der Waals surface area contributed by atoms with Crippen molar-refractivity contribution in [3.8, 4) is 0 Å². The van der Waals surface area contributed by atoms with Gasteiger partial charge in [0, 0.05) is 22.3 Å². The van der Waals surface area contributed by atoms with Crippen molar-refractivity contribution < 1.29 is 9.59 Å². The van der Waals surface area contributed by atoms with E-state index in [1.54, 1.807) is 0 Å². The van der Waals surface area contributed by atoms with Gasteiger partial charge in [-0.2, -0.15) is 0 Å². The molecule has 0 aliphatic heterocycles. The molecule has 2 heteroatoms. The topological polar surface area (TPSA) is 34.1 Å². The van der Waals surface area contributed by atoms with E-state index < -0.39 is 0 Å². The number of allylic oxidation sites excluding steroid dienone is 10. The van der Waals surface area contributed by atoms with Crippen LogP contribution in [0.3, 0.4) is 0 Å². The van der Waals surface area contributed by atoms with Gasteiger partial charge in [0.05, 0.1) is 0 Å². The second-order valence-electron chi connectivity index (χ2n) is 11.9. The summed E-state index contributed by atoms with van der Waals surface area (Å²) >= 11 is 0. The lowest BCUT2D eigenvalue weighted by Crippen LogP contribution is -2.27. The third-order valence-corrected chi connectivity index (χ3v) is 6.02. The third kappa shape index (κ3) is 4.70. The Balaban J connectivity index is 2.19. The summed E-state index contributed by atoms with van der Waals surface area (Å²) in [6, 6.07) is 7.80. The summed E-state index contributed by atoms with van der Waals surface area (Å²) in [6.45, 7) is 18.7. The zero-order valence-corrected chi connectivity index (χ0v) is 21.0. The van der Waals surface area contributed by atoms with Gasteiger partial charge in [0.2, 0.25) is 0 Å². The Morgan fingerprint density at radius 1 is 0.562 bits per heavy atom. The summed E-state index contributed by atoms with van der Waals surface area (Å²) < 4.78 is 0. The summed E-state index contributed by atoms with van der Waals surface area (Å²) in [4.78, 5) is 26.3. The Labute approximate surface area is 193 Å². The molecule has 2 aliphatic carbocycles. The molecule has 0 bridgehead atoms. The Morgan fingerprint density at radius 3 is 1.47 bits per heavy atom. The van der Waals surface area contributed by atoms with Gasteiger partial charge in [0.15, 0.2) is 11.6 Å². The molecule has 2 nitrogen and oxygen atoms in total. The monoisotopic (exact) mass is 428 g/mol. The van der Waals surface area contributed by atoms with E-state index in [0.29, 0.717) is 0 Å². The average Bonchev–Trinajstić information content (AvgIpc) is 2.65.